The second-order valence-electron chi connectivity index (χ2n) is 6.81. The standard InChI is InChI=1S/C21H26N2O/c1-15-6-3-8-17(12-15)20(18-9-4-7-16(2)13-18)23-21(24)19-10-5-11-22-14-19/h3-4,6-9,12-13,19-20,22H,5,10-11,14H2,1-2H3,(H,23,24). The lowest BCUT2D eigenvalue weighted by atomic mass is 9.94. The minimum atomic E-state index is -0.0979. The molecule has 3 heteroatoms. The van der Waals surface area contributed by atoms with Crippen LogP contribution in [0.2, 0.25) is 0 Å². The summed E-state index contributed by atoms with van der Waals surface area (Å²) in [5, 5.41) is 6.62. The number of hydrogen-bond acceptors (Lipinski definition) is 2. The van der Waals surface area contributed by atoms with E-state index in [1.54, 1.807) is 0 Å². The van der Waals surface area contributed by atoms with E-state index in [9.17, 15) is 4.79 Å². The lowest BCUT2D eigenvalue weighted by Gasteiger charge is -2.26. The van der Waals surface area contributed by atoms with Crippen LogP contribution in [0.4, 0.5) is 0 Å². The molecule has 3 nitrogen and oxygen atoms in total. The molecule has 126 valence electrons. The molecule has 2 aromatic carbocycles. The lowest BCUT2D eigenvalue weighted by Crippen LogP contribution is -2.42. The molecule has 0 spiro atoms. The number of piperidine rings is 1. The van der Waals surface area contributed by atoms with Crippen molar-refractivity contribution >= 4 is 5.91 Å². The SMILES string of the molecule is Cc1cccc(C(NC(=O)C2CCCNC2)c2cccc(C)c2)c1. The van der Waals surface area contributed by atoms with Gasteiger partial charge in [-0.1, -0.05) is 59.7 Å². The van der Waals surface area contributed by atoms with Crippen molar-refractivity contribution < 1.29 is 4.79 Å². The predicted molar refractivity (Wildman–Crippen MR) is 97.9 cm³/mol. The summed E-state index contributed by atoms with van der Waals surface area (Å²) in [6.07, 6.45) is 2.03. The van der Waals surface area contributed by atoms with Crippen molar-refractivity contribution in [2.45, 2.75) is 32.7 Å². The molecule has 0 aliphatic carbocycles. The molecule has 1 fully saturated rings. The van der Waals surface area contributed by atoms with Crippen molar-refractivity contribution in [1.82, 2.24) is 10.6 Å². The van der Waals surface area contributed by atoms with Crippen molar-refractivity contribution in [3.8, 4) is 0 Å². The third-order valence-corrected chi connectivity index (χ3v) is 4.71. The number of aryl methyl sites for hydroxylation is 2. The highest BCUT2D eigenvalue weighted by molar-refractivity contribution is 5.80. The van der Waals surface area contributed by atoms with Gasteiger partial charge in [-0.15, -0.1) is 0 Å². The molecular weight excluding hydrogens is 296 g/mol. The first kappa shape index (κ1) is 16.7. The Balaban J connectivity index is 1.88. The first-order valence-corrected chi connectivity index (χ1v) is 8.78. The zero-order chi connectivity index (χ0) is 16.9. The van der Waals surface area contributed by atoms with Gasteiger partial charge in [0.05, 0.1) is 12.0 Å². The van der Waals surface area contributed by atoms with Gasteiger partial charge in [0, 0.05) is 6.54 Å². The van der Waals surface area contributed by atoms with E-state index in [4.69, 9.17) is 0 Å². The van der Waals surface area contributed by atoms with E-state index in [-0.39, 0.29) is 17.9 Å². The van der Waals surface area contributed by atoms with Crippen LogP contribution in [0.5, 0.6) is 0 Å². The van der Waals surface area contributed by atoms with E-state index in [1.807, 2.05) is 0 Å². The number of carbonyl (C=O) groups excluding carboxylic acids is 1. The van der Waals surface area contributed by atoms with Crippen LogP contribution in [-0.4, -0.2) is 19.0 Å². The Morgan fingerprint density at radius 2 is 1.71 bits per heavy atom. The molecule has 1 atom stereocenters. The molecular formula is C21H26N2O. The molecule has 2 aromatic rings. The average molecular weight is 322 g/mol. The van der Waals surface area contributed by atoms with Crippen LogP contribution in [-0.2, 0) is 4.79 Å². The third-order valence-electron chi connectivity index (χ3n) is 4.71. The fourth-order valence-electron chi connectivity index (χ4n) is 3.39. The highest BCUT2D eigenvalue weighted by atomic mass is 16.2. The van der Waals surface area contributed by atoms with Crippen LogP contribution in [0.1, 0.15) is 41.1 Å². The Bertz CT molecular complexity index is 659. The summed E-state index contributed by atoms with van der Waals surface area (Å²) in [6, 6.07) is 16.7. The Morgan fingerprint density at radius 3 is 2.21 bits per heavy atom. The topological polar surface area (TPSA) is 41.1 Å². The summed E-state index contributed by atoms with van der Waals surface area (Å²) in [7, 11) is 0. The zero-order valence-electron chi connectivity index (χ0n) is 14.5. The molecule has 24 heavy (non-hydrogen) atoms. The number of rotatable bonds is 4. The molecule has 3 rings (SSSR count). The van der Waals surface area contributed by atoms with E-state index in [2.05, 4.69) is 73.0 Å². The van der Waals surface area contributed by atoms with Gasteiger partial charge in [0.1, 0.15) is 0 Å². The maximum Gasteiger partial charge on any atom is 0.225 e. The Hall–Kier alpha value is -2.13. The van der Waals surface area contributed by atoms with Crippen molar-refractivity contribution in [3.63, 3.8) is 0 Å². The molecule has 0 bridgehead atoms. The highest BCUT2D eigenvalue weighted by Gasteiger charge is 2.24. The van der Waals surface area contributed by atoms with Gasteiger partial charge in [-0.3, -0.25) is 4.79 Å². The Kier molecular flexibility index (Phi) is 5.31. The monoisotopic (exact) mass is 322 g/mol. The summed E-state index contributed by atoms with van der Waals surface area (Å²) in [5.41, 5.74) is 4.69. The van der Waals surface area contributed by atoms with Gasteiger partial charge in [-0.2, -0.15) is 0 Å². The van der Waals surface area contributed by atoms with Crippen LogP contribution in [0.25, 0.3) is 0 Å². The summed E-state index contributed by atoms with van der Waals surface area (Å²) in [4.78, 5) is 12.8. The number of benzene rings is 2. The largest absolute Gasteiger partial charge is 0.345 e. The van der Waals surface area contributed by atoms with Gasteiger partial charge in [-0.05, 0) is 44.4 Å². The van der Waals surface area contributed by atoms with Crippen molar-refractivity contribution in [2.75, 3.05) is 13.1 Å². The van der Waals surface area contributed by atoms with E-state index >= 15 is 0 Å². The summed E-state index contributed by atoms with van der Waals surface area (Å²) < 4.78 is 0. The highest BCUT2D eigenvalue weighted by Crippen LogP contribution is 2.25. The number of carbonyl (C=O) groups is 1. The van der Waals surface area contributed by atoms with Gasteiger partial charge >= 0.3 is 0 Å². The second kappa shape index (κ2) is 7.63. The fraction of sp³-hybridized carbons (Fsp3) is 0.381. The quantitative estimate of drug-likeness (QED) is 0.904. The van der Waals surface area contributed by atoms with E-state index in [1.165, 1.54) is 11.1 Å². The molecule has 2 N–H and O–H groups in total. The molecule has 1 heterocycles. The average Bonchev–Trinajstić information content (AvgIpc) is 2.60. The number of nitrogens with one attached hydrogen (secondary N) is 2. The van der Waals surface area contributed by atoms with Crippen LogP contribution in [0.3, 0.4) is 0 Å². The minimum Gasteiger partial charge on any atom is -0.345 e. The van der Waals surface area contributed by atoms with Gasteiger partial charge in [-0.25, -0.2) is 0 Å². The molecule has 1 aliphatic rings. The molecule has 1 aliphatic heterocycles. The maximum absolute atomic E-state index is 12.8. The van der Waals surface area contributed by atoms with Crippen LogP contribution >= 0.6 is 0 Å². The van der Waals surface area contributed by atoms with Crippen molar-refractivity contribution in [2.24, 2.45) is 5.92 Å². The second-order valence-corrected chi connectivity index (χ2v) is 6.81. The van der Waals surface area contributed by atoms with E-state index < -0.39 is 0 Å². The summed E-state index contributed by atoms with van der Waals surface area (Å²) in [5.74, 6) is 0.214. The normalized spacial score (nSPS) is 17.7. The third kappa shape index (κ3) is 4.04. The maximum atomic E-state index is 12.8. The molecule has 0 aromatic heterocycles. The summed E-state index contributed by atoms with van der Waals surface area (Å²) >= 11 is 0. The minimum absolute atomic E-state index is 0.0656. The van der Waals surface area contributed by atoms with Gasteiger partial charge in [0.15, 0.2) is 0 Å². The smallest absolute Gasteiger partial charge is 0.225 e. The van der Waals surface area contributed by atoms with E-state index in [0.717, 1.165) is 37.1 Å². The molecule has 1 amide bonds. The zero-order valence-corrected chi connectivity index (χ0v) is 14.5. The lowest BCUT2D eigenvalue weighted by molar-refractivity contribution is -0.126. The molecule has 1 saturated heterocycles. The van der Waals surface area contributed by atoms with Crippen molar-refractivity contribution in [3.05, 3.63) is 70.8 Å². The number of hydrogen-bond donors (Lipinski definition) is 2. The van der Waals surface area contributed by atoms with Gasteiger partial charge in [0.25, 0.3) is 0 Å². The molecule has 0 radical (unpaired) electrons. The van der Waals surface area contributed by atoms with Crippen LogP contribution < -0.4 is 10.6 Å². The fourth-order valence-corrected chi connectivity index (χ4v) is 3.39. The number of amides is 1. The van der Waals surface area contributed by atoms with Crippen LogP contribution in [0.15, 0.2) is 48.5 Å². The van der Waals surface area contributed by atoms with Gasteiger partial charge < -0.3 is 10.6 Å². The van der Waals surface area contributed by atoms with Gasteiger partial charge in [0.2, 0.25) is 5.91 Å². The first-order chi connectivity index (χ1) is 11.6. The van der Waals surface area contributed by atoms with Crippen LogP contribution in [0, 0.1) is 19.8 Å². The van der Waals surface area contributed by atoms with E-state index in [0.29, 0.717) is 0 Å². The predicted octanol–water partition coefficient (Wildman–Crippen LogP) is 3.51. The Labute approximate surface area is 144 Å². The first-order valence-electron chi connectivity index (χ1n) is 8.78. The molecule has 1 unspecified atom stereocenters. The Morgan fingerprint density at radius 1 is 1.08 bits per heavy atom. The van der Waals surface area contributed by atoms with Crippen molar-refractivity contribution in [1.29, 1.82) is 0 Å². The summed E-state index contributed by atoms with van der Waals surface area (Å²) in [6.45, 7) is 5.97. The molecule has 0 saturated carbocycles.